The molecule has 24 heavy (non-hydrogen) atoms. The highest BCUT2D eigenvalue weighted by molar-refractivity contribution is 7.82. The molecule has 122 valence electrons. The van der Waals surface area contributed by atoms with Gasteiger partial charge in [0.2, 0.25) is 0 Å². The molecule has 12 aliphatic carbocycles. The fourth-order valence-corrected chi connectivity index (χ4v) is 18.4. The average molecular weight is 333 g/mol. The quantitative estimate of drug-likeness (QED) is 0.640. The first kappa shape index (κ1) is 10.6. The molecule has 0 saturated heterocycles. The molecule has 12 aliphatic rings. The van der Waals surface area contributed by atoms with Gasteiger partial charge in [-0.05, 0) is 131 Å². The van der Waals surface area contributed by atoms with E-state index in [2.05, 4.69) is 0 Å². The molecule has 12 saturated carbocycles. The van der Waals surface area contributed by atoms with Crippen LogP contribution in [-0.2, 0) is 0 Å². The summed E-state index contributed by atoms with van der Waals surface area (Å²) >= 11 is 5.60. The second-order valence-corrected chi connectivity index (χ2v) is 14.1. The van der Waals surface area contributed by atoms with E-state index in [1.54, 1.807) is 38.5 Å². The van der Waals surface area contributed by atoms with Crippen LogP contribution in [0.25, 0.3) is 0 Å². The van der Waals surface area contributed by atoms with E-state index in [1.165, 1.54) is 53.3 Å². The van der Waals surface area contributed by atoms with Gasteiger partial charge in [0.05, 0.1) is 0 Å². The molecule has 12 fully saturated rings. The van der Waals surface area contributed by atoms with Crippen LogP contribution in [0.1, 0.15) is 38.5 Å². The zero-order valence-corrected chi connectivity index (χ0v) is 14.9. The minimum Gasteiger partial charge on any atom is -0.171 e. The Morgan fingerprint density at radius 3 is 2.12 bits per heavy atom. The highest BCUT2D eigenvalue weighted by Gasteiger charge is 3.20. The molecule has 17 atom stereocenters. The normalized spacial score (nSPS) is 104. The molecule has 0 aromatic heterocycles. The number of hydrogen-bond donors (Lipinski definition) is 1. The second-order valence-electron chi connectivity index (χ2n) is 13.3. The van der Waals surface area contributed by atoms with Crippen LogP contribution in [0.15, 0.2) is 0 Å². The van der Waals surface area contributed by atoms with Gasteiger partial charge in [0.1, 0.15) is 0 Å². The Morgan fingerprint density at radius 2 is 1.33 bits per heavy atom. The van der Waals surface area contributed by atoms with Gasteiger partial charge >= 0.3 is 0 Å². The molecule has 0 heterocycles. The van der Waals surface area contributed by atoms with Crippen molar-refractivity contribution in [2.75, 3.05) is 0 Å². The molecule has 12 rings (SSSR count). The molecule has 0 aliphatic heterocycles. The Kier molecular flexibility index (Phi) is 0.909. The summed E-state index contributed by atoms with van der Waals surface area (Å²) in [6, 6.07) is 0. The second kappa shape index (κ2) is 2.05. The molecule has 17 unspecified atom stereocenters. The Morgan fingerprint density at radius 1 is 0.583 bits per heavy atom. The van der Waals surface area contributed by atoms with Gasteiger partial charge in [0.15, 0.2) is 0 Å². The van der Waals surface area contributed by atoms with Gasteiger partial charge in [-0.25, -0.2) is 0 Å². The summed E-state index contributed by atoms with van der Waals surface area (Å²) in [5, 5.41) is 0. The Balaban J connectivity index is 1.24. The van der Waals surface area contributed by atoms with Gasteiger partial charge in [-0.3, -0.25) is 0 Å². The third-order valence-electron chi connectivity index (χ3n) is 16.0. The van der Waals surface area contributed by atoms with Crippen molar-refractivity contribution in [3.63, 3.8) is 0 Å². The first-order valence-electron chi connectivity index (χ1n) is 11.5. The number of hydrogen-bond acceptors (Lipinski definition) is 1. The molecule has 0 radical (unpaired) electrons. The van der Waals surface area contributed by atoms with Crippen molar-refractivity contribution < 1.29 is 0 Å². The van der Waals surface area contributed by atoms with Gasteiger partial charge < -0.3 is 0 Å². The average Bonchev–Trinajstić information content (AvgIpc) is 2.59. The largest absolute Gasteiger partial charge is 0.171 e. The van der Waals surface area contributed by atoms with Crippen LogP contribution in [0.5, 0.6) is 0 Å². The van der Waals surface area contributed by atoms with Crippen LogP contribution >= 0.6 is 12.6 Å². The van der Waals surface area contributed by atoms with Crippen LogP contribution in [-0.4, -0.2) is 4.75 Å². The van der Waals surface area contributed by atoms with Gasteiger partial charge in [0, 0.05) is 4.75 Å². The van der Waals surface area contributed by atoms with E-state index in [4.69, 9.17) is 12.6 Å². The van der Waals surface area contributed by atoms with Crippen LogP contribution in [0.4, 0.5) is 0 Å². The van der Waals surface area contributed by atoms with Crippen molar-refractivity contribution in [2.45, 2.75) is 43.3 Å². The molecule has 5 spiro atoms. The summed E-state index contributed by atoms with van der Waals surface area (Å²) in [4.78, 5) is 0. The van der Waals surface area contributed by atoms with E-state index in [-0.39, 0.29) is 0 Å². The minimum atomic E-state index is 0.573. The maximum atomic E-state index is 5.60. The molecular weight excluding hydrogens is 308 g/mol. The zero-order valence-electron chi connectivity index (χ0n) is 14.0. The van der Waals surface area contributed by atoms with Crippen LogP contribution in [0.3, 0.4) is 0 Å². The van der Waals surface area contributed by atoms with Gasteiger partial charge in [0.25, 0.3) is 0 Å². The fraction of sp³-hybridized carbons (Fsp3) is 1.00. The minimum absolute atomic E-state index is 0.573. The summed E-state index contributed by atoms with van der Waals surface area (Å²) < 4.78 is 0.573. The van der Waals surface area contributed by atoms with Crippen LogP contribution in [0, 0.1) is 92.2 Å². The Bertz CT molecular complexity index is 940. The third kappa shape index (κ3) is 0.387. The molecule has 0 bridgehead atoms. The first-order chi connectivity index (χ1) is 11.7. The van der Waals surface area contributed by atoms with E-state index in [1.807, 2.05) is 0 Å². The lowest BCUT2D eigenvalue weighted by atomic mass is 8.83. The molecular formula is C23H24S. The lowest BCUT2D eigenvalue weighted by molar-refractivity contribution is -0.743. The SMILES string of the molecule is SC12C3CC1C1C4C5C6C7CC8CC9C%10C(C3)C5(C43CCC123)C%106C897. The van der Waals surface area contributed by atoms with Crippen molar-refractivity contribution >= 4 is 12.6 Å². The monoisotopic (exact) mass is 332 g/mol. The molecule has 1 heteroatoms. The van der Waals surface area contributed by atoms with Crippen LogP contribution < -0.4 is 0 Å². The summed E-state index contributed by atoms with van der Waals surface area (Å²) in [6.45, 7) is 0. The molecule has 0 aromatic rings. The molecule has 0 amide bonds. The summed E-state index contributed by atoms with van der Waals surface area (Å²) in [5.74, 6) is 13.5. The van der Waals surface area contributed by atoms with E-state index in [0.717, 1.165) is 38.9 Å². The predicted molar refractivity (Wildman–Crippen MR) is 90.0 cm³/mol. The van der Waals surface area contributed by atoms with Crippen LogP contribution in [0.2, 0.25) is 0 Å². The lowest BCUT2D eigenvalue weighted by Gasteiger charge is -3.21. The van der Waals surface area contributed by atoms with E-state index in [9.17, 15) is 0 Å². The third-order valence-corrected chi connectivity index (χ3v) is 17.1. The number of thiol groups is 1. The predicted octanol–water partition coefficient (Wildman–Crippen LogP) is 3.87. The summed E-state index contributed by atoms with van der Waals surface area (Å²) in [7, 11) is 0. The van der Waals surface area contributed by atoms with Crippen molar-refractivity contribution in [1.29, 1.82) is 0 Å². The van der Waals surface area contributed by atoms with Gasteiger partial charge in [-0.15, -0.1) is 0 Å². The fourth-order valence-electron chi connectivity index (χ4n) is 17.4. The Labute approximate surface area is 148 Å². The molecule has 0 N–H and O–H groups in total. The van der Waals surface area contributed by atoms with Crippen molar-refractivity contribution in [1.82, 2.24) is 0 Å². The lowest BCUT2D eigenvalue weighted by Crippen LogP contribution is -3.18. The summed E-state index contributed by atoms with van der Waals surface area (Å²) in [5.41, 5.74) is 4.75. The smallest absolute Gasteiger partial charge is 0.0254 e. The maximum absolute atomic E-state index is 5.60. The highest BCUT2D eigenvalue weighted by Crippen LogP contribution is 3.23. The number of fused-ring (bicyclic) bond motifs is 7. The zero-order chi connectivity index (χ0) is 14.6. The number of rotatable bonds is 0. The topological polar surface area (TPSA) is 0 Å². The van der Waals surface area contributed by atoms with E-state index < -0.39 is 0 Å². The summed E-state index contributed by atoms with van der Waals surface area (Å²) in [6.07, 6.45) is 9.98. The van der Waals surface area contributed by atoms with Crippen molar-refractivity contribution in [3.8, 4) is 0 Å². The van der Waals surface area contributed by atoms with Gasteiger partial charge in [-0.2, -0.15) is 12.6 Å². The Hall–Kier alpha value is 0.350. The first-order valence-corrected chi connectivity index (χ1v) is 11.9. The highest BCUT2D eigenvalue weighted by atomic mass is 32.1. The van der Waals surface area contributed by atoms with Crippen molar-refractivity contribution in [3.05, 3.63) is 0 Å². The maximum Gasteiger partial charge on any atom is 0.0254 e. The standard InChI is InChI=1S/C23H24S/c24-23-8-5-11-13-9-3-7-4-10-15-17-16-14(12(23)6-8)19(23)2-1-18(16,19)21(11,17)22(13,15)20(7,9)10/h7-17,24H,1-6H2. The van der Waals surface area contributed by atoms with E-state index in [0.29, 0.717) is 4.75 Å². The van der Waals surface area contributed by atoms with Crippen molar-refractivity contribution in [2.24, 2.45) is 92.2 Å². The molecule has 0 nitrogen and oxygen atoms in total. The molecule has 0 aromatic carbocycles. The van der Waals surface area contributed by atoms with Gasteiger partial charge in [-0.1, -0.05) is 0 Å². The van der Waals surface area contributed by atoms with E-state index >= 15 is 0 Å².